The molecular weight excluding hydrogens is 478 g/mol. The topological polar surface area (TPSA) is 93.1 Å². The zero-order valence-corrected chi connectivity index (χ0v) is 23.0. The minimum atomic E-state index is -1.23. The summed E-state index contributed by atoms with van der Waals surface area (Å²) in [6.45, 7) is 8.18. The Kier molecular flexibility index (Phi) is 10.2. The molecular formula is C28H44ClN3O4. The number of carbonyl (C=O) groups is 2. The van der Waals surface area contributed by atoms with E-state index in [1.807, 2.05) is 47.9 Å². The van der Waals surface area contributed by atoms with Crippen LogP contribution in [-0.4, -0.2) is 82.3 Å². The fourth-order valence-corrected chi connectivity index (χ4v) is 5.64. The van der Waals surface area contributed by atoms with Crippen molar-refractivity contribution < 1.29 is 19.8 Å². The van der Waals surface area contributed by atoms with Crippen LogP contribution in [0.1, 0.15) is 65.4 Å². The molecule has 2 aliphatic rings. The molecule has 1 saturated heterocycles. The summed E-state index contributed by atoms with van der Waals surface area (Å²) in [5, 5.41) is 24.0. The lowest BCUT2D eigenvalue weighted by molar-refractivity contribution is -0.153. The second kappa shape index (κ2) is 12.7. The van der Waals surface area contributed by atoms with Gasteiger partial charge in [-0.15, -0.1) is 0 Å². The van der Waals surface area contributed by atoms with Crippen molar-refractivity contribution in [1.29, 1.82) is 0 Å². The van der Waals surface area contributed by atoms with Gasteiger partial charge in [0.1, 0.15) is 0 Å². The number of nitrogens with zero attached hydrogens (tertiary/aromatic N) is 2. The molecule has 2 atom stereocenters. The molecule has 36 heavy (non-hydrogen) atoms. The van der Waals surface area contributed by atoms with Crippen molar-refractivity contribution in [3.05, 3.63) is 34.9 Å². The van der Waals surface area contributed by atoms with Crippen molar-refractivity contribution >= 4 is 23.4 Å². The van der Waals surface area contributed by atoms with E-state index in [-0.39, 0.29) is 36.0 Å². The van der Waals surface area contributed by atoms with Gasteiger partial charge < -0.3 is 25.3 Å². The van der Waals surface area contributed by atoms with E-state index in [1.54, 1.807) is 6.92 Å². The summed E-state index contributed by atoms with van der Waals surface area (Å²) in [7, 11) is 0. The van der Waals surface area contributed by atoms with E-state index in [4.69, 9.17) is 11.6 Å². The molecule has 0 aromatic heterocycles. The van der Waals surface area contributed by atoms with E-state index in [2.05, 4.69) is 12.2 Å². The monoisotopic (exact) mass is 521 g/mol. The predicted molar refractivity (Wildman–Crippen MR) is 143 cm³/mol. The Morgan fingerprint density at radius 3 is 2.25 bits per heavy atom. The van der Waals surface area contributed by atoms with Gasteiger partial charge in [-0.1, -0.05) is 44.5 Å². The van der Waals surface area contributed by atoms with Crippen LogP contribution in [0.3, 0.4) is 0 Å². The summed E-state index contributed by atoms with van der Waals surface area (Å²) in [5.41, 5.74) is -0.187. The highest BCUT2D eigenvalue weighted by Gasteiger charge is 2.44. The molecule has 8 heteroatoms. The van der Waals surface area contributed by atoms with E-state index in [0.717, 1.165) is 31.2 Å². The van der Waals surface area contributed by atoms with Gasteiger partial charge in [0.05, 0.1) is 30.7 Å². The number of amides is 2. The van der Waals surface area contributed by atoms with Gasteiger partial charge in [-0.25, -0.2) is 0 Å². The molecule has 3 rings (SSSR count). The standard InChI is InChI=1S/C28H44ClN3O4/c1-19(2)30-25(15-21-7-9-22(29)10-8-21)26(35)31-14-13-24(16-31)32(23-11-5-20(3)6-12-23)27(36)28(4,17-33)18-34/h7-10,19-20,23-25,30,33-34H,5-6,11-18H2,1-4H3. The number of nitrogens with one attached hydrogen (secondary N) is 1. The average molecular weight is 522 g/mol. The third kappa shape index (κ3) is 7.00. The number of benzene rings is 1. The van der Waals surface area contributed by atoms with Crippen LogP contribution >= 0.6 is 11.6 Å². The summed E-state index contributed by atoms with van der Waals surface area (Å²) in [4.78, 5) is 31.2. The Balaban J connectivity index is 1.78. The third-order valence-corrected chi connectivity index (χ3v) is 8.13. The van der Waals surface area contributed by atoms with Gasteiger partial charge in [-0.05, 0) is 69.1 Å². The fourth-order valence-electron chi connectivity index (χ4n) is 5.51. The molecule has 0 radical (unpaired) electrons. The highest BCUT2D eigenvalue weighted by atomic mass is 35.5. The zero-order chi connectivity index (χ0) is 26.5. The maximum absolute atomic E-state index is 13.7. The Morgan fingerprint density at radius 1 is 1.08 bits per heavy atom. The molecule has 0 spiro atoms. The molecule has 202 valence electrons. The van der Waals surface area contributed by atoms with E-state index < -0.39 is 18.6 Å². The molecule has 1 heterocycles. The molecule has 2 fully saturated rings. The summed E-state index contributed by atoms with van der Waals surface area (Å²) < 4.78 is 0. The minimum absolute atomic E-state index is 0.0397. The van der Waals surface area contributed by atoms with E-state index in [1.165, 1.54) is 0 Å². The quantitative estimate of drug-likeness (QED) is 0.439. The number of carbonyl (C=O) groups excluding carboxylic acids is 2. The van der Waals surface area contributed by atoms with Gasteiger partial charge in [0.2, 0.25) is 11.8 Å². The molecule has 1 aromatic carbocycles. The van der Waals surface area contributed by atoms with Gasteiger partial charge in [0.15, 0.2) is 0 Å². The van der Waals surface area contributed by atoms with Crippen molar-refractivity contribution in [3.8, 4) is 0 Å². The fraction of sp³-hybridized carbons (Fsp3) is 0.714. The molecule has 1 aliphatic carbocycles. The first-order valence-electron chi connectivity index (χ1n) is 13.4. The van der Waals surface area contributed by atoms with Crippen molar-refractivity contribution in [2.24, 2.45) is 11.3 Å². The summed E-state index contributed by atoms with van der Waals surface area (Å²) in [5.74, 6) is 0.472. The first kappa shape index (κ1) is 28.9. The second-order valence-electron chi connectivity index (χ2n) is 11.4. The smallest absolute Gasteiger partial charge is 0.240 e. The number of halogens is 1. The van der Waals surface area contributed by atoms with Crippen LogP contribution in [-0.2, 0) is 16.0 Å². The first-order valence-corrected chi connectivity index (χ1v) is 13.8. The van der Waals surface area contributed by atoms with Crippen LogP contribution in [0.25, 0.3) is 0 Å². The van der Waals surface area contributed by atoms with Crippen LogP contribution in [0.15, 0.2) is 24.3 Å². The maximum Gasteiger partial charge on any atom is 0.240 e. The third-order valence-electron chi connectivity index (χ3n) is 7.88. The summed E-state index contributed by atoms with van der Waals surface area (Å²) >= 11 is 6.04. The minimum Gasteiger partial charge on any atom is -0.395 e. The van der Waals surface area contributed by atoms with Crippen LogP contribution in [0.2, 0.25) is 5.02 Å². The molecule has 1 aliphatic heterocycles. The zero-order valence-electron chi connectivity index (χ0n) is 22.3. The lowest BCUT2D eigenvalue weighted by Gasteiger charge is -2.43. The molecule has 7 nitrogen and oxygen atoms in total. The molecule has 3 N–H and O–H groups in total. The molecule has 2 amide bonds. The van der Waals surface area contributed by atoms with Crippen LogP contribution in [0.4, 0.5) is 0 Å². The van der Waals surface area contributed by atoms with Crippen molar-refractivity contribution in [1.82, 2.24) is 15.1 Å². The van der Waals surface area contributed by atoms with Gasteiger partial charge in [0.25, 0.3) is 0 Å². The average Bonchev–Trinajstić information content (AvgIpc) is 3.34. The van der Waals surface area contributed by atoms with E-state index in [9.17, 15) is 19.8 Å². The normalized spacial score (nSPS) is 23.7. The van der Waals surface area contributed by atoms with Crippen molar-refractivity contribution in [2.75, 3.05) is 26.3 Å². The Labute approximate surface area is 221 Å². The Hall–Kier alpha value is -1.67. The summed E-state index contributed by atoms with van der Waals surface area (Å²) in [6, 6.07) is 7.31. The molecule has 2 unspecified atom stereocenters. The van der Waals surface area contributed by atoms with Gasteiger partial charge >= 0.3 is 0 Å². The highest BCUT2D eigenvalue weighted by Crippen LogP contribution is 2.34. The largest absolute Gasteiger partial charge is 0.395 e. The van der Waals surface area contributed by atoms with E-state index >= 15 is 0 Å². The number of rotatable bonds is 10. The van der Waals surface area contributed by atoms with Crippen molar-refractivity contribution in [2.45, 2.75) is 90.4 Å². The predicted octanol–water partition coefficient (Wildman–Crippen LogP) is 3.25. The number of aliphatic hydroxyl groups excluding tert-OH is 2. The summed E-state index contributed by atoms with van der Waals surface area (Å²) in [6.07, 6.45) is 5.20. The van der Waals surface area contributed by atoms with Gasteiger partial charge in [-0.3, -0.25) is 9.59 Å². The lowest BCUT2D eigenvalue weighted by atomic mass is 9.83. The lowest BCUT2D eigenvalue weighted by Crippen LogP contribution is -2.56. The number of hydrogen-bond donors (Lipinski definition) is 3. The highest BCUT2D eigenvalue weighted by molar-refractivity contribution is 6.30. The maximum atomic E-state index is 13.7. The van der Waals surface area contributed by atoms with Crippen LogP contribution in [0, 0.1) is 11.3 Å². The number of aliphatic hydroxyl groups is 2. The second-order valence-corrected chi connectivity index (χ2v) is 11.9. The number of likely N-dealkylation sites (tertiary alicyclic amines) is 1. The van der Waals surface area contributed by atoms with Gasteiger partial charge in [-0.2, -0.15) is 0 Å². The van der Waals surface area contributed by atoms with Crippen LogP contribution < -0.4 is 5.32 Å². The Morgan fingerprint density at radius 2 is 1.69 bits per heavy atom. The van der Waals surface area contributed by atoms with Crippen LogP contribution in [0.5, 0.6) is 0 Å². The molecule has 0 bridgehead atoms. The Bertz CT molecular complexity index is 866. The molecule has 1 saturated carbocycles. The van der Waals surface area contributed by atoms with Crippen molar-refractivity contribution in [3.63, 3.8) is 0 Å². The SMILES string of the molecule is CC1CCC(N(C(=O)C(C)(CO)CO)C2CCN(C(=O)C(Cc3ccc(Cl)cc3)NC(C)C)C2)CC1. The van der Waals surface area contributed by atoms with Gasteiger partial charge in [0, 0.05) is 30.2 Å². The first-order chi connectivity index (χ1) is 17.1. The number of hydrogen-bond acceptors (Lipinski definition) is 5. The molecule has 1 aromatic rings. The van der Waals surface area contributed by atoms with E-state index in [0.29, 0.717) is 36.9 Å².